The summed E-state index contributed by atoms with van der Waals surface area (Å²) in [6.45, 7) is 10.5. The Kier molecular flexibility index (Phi) is 7.06. The maximum atomic E-state index is 11.9. The molecule has 0 N–H and O–H groups in total. The molecule has 0 amide bonds. The third kappa shape index (κ3) is 6.71. The van der Waals surface area contributed by atoms with E-state index in [0.717, 1.165) is 32.7 Å². The van der Waals surface area contributed by atoms with Gasteiger partial charge in [0.25, 0.3) is 0 Å². The number of benzene rings is 1. The summed E-state index contributed by atoms with van der Waals surface area (Å²) in [4.78, 5) is 14.3. The van der Waals surface area contributed by atoms with Crippen molar-refractivity contribution in [3.05, 3.63) is 35.4 Å². The second kappa shape index (κ2) is 9.04. The third-order valence-electron chi connectivity index (χ3n) is 3.98. The van der Waals surface area contributed by atoms with Crippen molar-refractivity contribution in [1.29, 1.82) is 0 Å². The van der Waals surface area contributed by atoms with Crippen molar-refractivity contribution >= 4 is 5.97 Å². The molecule has 0 bridgehead atoms. The van der Waals surface area contributed by atoms with E-state index in [0.29, 0.717) is 18.9 Å². The minimum absolute atomic E-state index is 0.00502. The Bertz CT molecular complexity index is 501. The summed E-state index contributed by atoms with van der Waals surface area (Å²) in [5.41, 5.74) is 2.40. The van der Waals surface area contributed by atoms with Gasteiger partial charge in [0.15, 0.2) is 0 Å². The number of carbonyl (C=O) groups is 1. The van der Waals surface area contributed by atoms with E-state index in [-0.39, 0.29) is 12.1 Å². The van der Waals surface area contributed by atoms with Crippen molar-refractivity contribution in [3.63, 3.8) is 0 Å². The van der Waals surface area contributed by atoms with Crippen molar-refractivity contribution in [2.45, 2.75) is 39.7 Å². The largest absolute Gasteiger partial charge is 0.463 e. The molecule has 4 nitrogen and oxygen atoms in total. The summed E-state index contributed by atoms with van der Waals surface area (Å²) in [6, 6.07) is 8.25. The monoisotopic (exact) mass is 319 g/mol. The molecule has 1 unspecified atom stereocenters. The highest BCUT2D eigenvalue weighted by Crippen LogP contribution is 2.10. The first-order valence-corrected chi connectivity index (χ1v) is 8.58. The number of hydrogen-bond acceptors (Lipinski definition) is 4. The van der Waals surface area contributed by atoms with Crippen molar-refractivity contribution < 1.29 is 14.3 Å². The highest BCUT2D eigenvalue weighted by molar-refractivity contribution is 5.69. The number of carbonyl (C=O) groups excluding carboxylic acids is 1. The Balaban J connectivity index is 1.67. The number of esters is 1. The van der Waals surface area contributed by atoms with Crippen LogP contribution in [-0.4, -0.2) is 49.8 Å². The van der Waals surface area contributed by atoms with Gasteiger partial charge in [-0.3, -0.25) is 9.69 Å². The second-order valence-corrected chi connectivity index (χ2v) is 6.82. The minimum Gasteiger partial charge on any atom is -0.463 e. The van der Waals surface area contributed by atoms with E-state index in [2.05, 4.69) is 37.8 Å². The van der Waals surface area contributed by atoms with Gasteiger partial charge in [-0.05, 0) is 24.8 Å². The maximum Gasteiger partial charge on any atom is 0.306 e. The zero-order valence-corrected chi connectivity index (χ0v) is 14.6. The van der Waals surface area contributed by atoms with Gasteiger partial charge in [-0.25, -0.2) is 0 Å². The summed E-state index contributed by atoms with van der Waals surface area (Å²) >= 11 is 0. The van der Waals surface area contributed by atoms with Crippen molar-refractivity contribution in [2.75, 3.05) is 32.8 Å². The number of ether oxygens (including phenoxy) is 2. The zero-order valence-electron chi connectivity index (χ0n) is 14.6. The first-order chi connectivity index (χ1) is 11.0. The average Bonchev–Trinajstić information content (AvgIpc) is 2.51. The van der Waals surface area contributed by atoms with Crippen LogP contribution in [0.5, 0.6) is 0 Å². The van der Waals surface area contributed by atoms with Gasteiger partial charge in [0.2, 0.25) is 0 Å². The summed E-state index contributed by atoms with van der Waals surface area (Å²) in [5, 5.41) is 0. The molecule has 2 rings (SSSR count). The lowest BCUT2D eigenvalue weighted by atomic mass is 10.1. The average molecular weight is 319 g/mol. The molecule has 1 saturated heterocycles. The molecule has 128 valence electrons. The van der Waals surface area contributed by atoms with Crippen LogP contribution in [0.15, 0.2) is 24.3 Å². The molecule has 1 fully saturated rings. The topological polar surface area (TPSA) is 38.8 Å². The van der Waals surface area contributed by atoms with Gasteiger partial charge < -0.3 is 9.47 Å². The van der Waals surface area contributed by atoms with E-state index in [1.807, 2.05) is 12.1 Å². The molecule has 1 aliphatic heterocycles. The Morgan fingerprint density at radius 2 is 2.26 bits per heavy atom. The molecule has 1 aromatic carbocycles. The third-order valence-corrected chi connectivity index (χ3v) is 3.98. The molecule has 0 radical (unpaired) electrons. The summed E-state index contributed by atoms with van der Waals surface area (Å²) in [5.74, 6) is 0.502. The first kappa shape index (κ1) is 18.0. The SMILES string of the molecule is Cc1cccc(CCC(=O)OCC2CN(CC(C)C)CCO2)c1. The molecule has 1 aromatic rings. The number of morpholine rings is 1. The van der Waals surface area contributed by atoms with Crippen LogP contribution in [0.4, 0.5) is 0 Å². The smallest absolute Gasteiger partial charge is 0.306 e. The van der Waals surface area contributed by atoms with Gasteiger partial charge in [-0.2, -0.15) is 0 Å². The van der Waals surface area contributed by atoms with E-state index >= 15 is 0 Å². The van der Waals surface area contributed by atoms with Crippen LogP contribution in [0.2, 0.25) is 0 Å². The number of nitrogens with zero attached hydrogens (tertiary/aromatic N) is 1. The lowest BCUT2D eigenvalue weighted by Crippen LogP contribution is -2.45. The lowest BCUT2D eigenvalue weighted by Gasteiger charge is -2.33. The predicted molar refractivity (Wildman–Crippen MR) is 91.5 cm³/mol. The Morgan fingerprint density at radius 3 is 3.00 bits per heavy atom. The minimum atomic E-state index is -0.143. The molecule has 0 saturated carbocycles. The van der Waals surface area contributed by atoms with E-state index in [9.17, 15) is 4.79 Å². The van der Waals surface area contributed by atoms with Crippen LogP contribution in [0, 0.1) is 12.8 Å². The Hall–Kier alpha value is -1.39. The molecular weight excluding hydrogens is 290 g/mol. The summed E-state index contributed by atoms with van der Waals surface area (Å²) in [6.07, 6.45) is 1.16. The van der Waals surface area contributed by atoms with Crippen molar-refractivity contribution in [2.24, 2.45) is 5.92 Å². The summed E-state index contributed by atoms with van der Waals surface area (Å²) < 4.78 is 11.1. The predicted octanol–water partition coefficient (Wildman–Crippen LogP) is 2.83. The van der Waals surface area contributed by atoms with Gasteiger partial charge >= 0.3 is 5.97 Å². The van der Waals surface area contributed by atoms with Gasteiger partial charge in [0, 0.05) is 26.1 Å². The molecule has 1 atom stereocenters. The molecular formula is C19H29NO3. The van der Waals surface area contributed by atoms with Crippen molar-refractivity contribution in [3.8, 4) is 0 Å². The van der Waals surface area contributed by atoms with Gasteiger partial charge in [0.05, 0.1) is 6.61 Å². The lowest BCUT2D eigenvalue weighted by molar-refractivity contribution is -0.150. The maximum absolute atomic E-state index is 11.9. The molecule has 0 aromatic heterocycles. The Morgan fingerprint density at radius 1 is 1.43 bits per heavy atom. The van der Waals surface area contributed by atoms with Crippen LogP contribution < -0.4 is 0 Å². The highest BCUT2D eigenvalue weighted by atomic mass is 16.6. The standard InChI is InChI=1S/C19H29NO3/c1-15(2)12-20-9-10-22-18(13-20)14-23-19(21)8-7-17-6-4-5-16(3)11-17/h4-6,11,15,18H,7-10,12-14H2,1-3H3. The first-order valence-electron chi connectivity index (χ1n) is 8.58. The van der Waals surface area contributed by atoms with Crippen molar-refractivity contribution in [1.82, 2.24) is 4.90 Å². The summed E-state index contributed by atoms with van der Waals surface area (Å²) in [7, 11) is 0. The number of hydrogen-bond donors (Lipinski definition) is 0. The molecule has 0 spiro atoms. The van der Waals surface area contributed by atoms with Gasteiger partial charge in [-0.1, -0.05) is 43.7 Å². The fourth-order valence-electron chi connectivity index (χ4n) is 2.94. The molecule has 1 aliphatic rings. The van der Waals surface area contributed by atoms with E-state index in [1.54, 1.807) is 0 Å². The second-order valence-electron chi connectivity index (χ2n) is 6.82. The van der Waals surface area contributed by atoms with Crippen LogP contribution in [0.1, 0.15) is 31.4 Å². The van der Waals surface area contributed by atoms with Crippen LogP contribution in [0.25, 0.3) is 0 Å². The number of aryl methyl sites for hydroxylation is 2. The normalized spacial score (nSPS) is 19.0. The van der Waals surface area contributed by atoms with Gasteiger partial charge in [0.1, 0.15) is 12.7 Å². The molecule has 4 heteroatoms. The van der Waals surface area contributed by atoms with Crippen LogP contribution in [-0.2, 0) is 20.7 Å². The molecule has 23 heavy (non-hydrogen) atoms. The van der Waals surface area contributed by atoms with E-state index in [4.69, 9.17) is 9.47 Å². The van der Waals surface area contributed by atoms with E-state index < -0.39 is 0 Å². The van der Waals surface area contributed by atoms with Crippen LogP contribution in [0.3, 0.4) is 0 Å². The quantitative estimate of drug-likeness (QED) is 0.725. The van der Waals surface area contributed by atoms with E-state index in [1.165, 1.54) is 11.1 Å². The van der Waals surface area contributed by atoms with Crippen LogP contribution >= 0.6 is 0 Å². The Labute approximate surface area is 139 Å². The molecule has 0 aliphatic carbocycles. The number of rotatable bonds is 7. The fraction of sp³-hybridized carbons (Fsp3) is 0.632. The fourth-order valence-corrected chi connectivity index (χ4v) is 2.94. The highest BCUT2D eigenvalue weighted by Gasteiger charge is 2.22. The zero-order chi connectivity index (χ0) is 16.7. The molecule has 1 heterocycles. The van der Waals surface area contributed by atoms with Gasteiger partial charge in [-0.15, -0.1) is 0 Å².